The summed E-state index contributed by atoms with van der Waals surface area (Å²) in [6, 6.07) is 2.60. The van der Waals surface area contributed by atoms with E-state index in [9.17, 15) is 23.1 Å². The highest BCUT2D eigenvalue weighted by atomic mass is 19.3. The molecule has 1 aliphatic heterocycles. The van der Waals surface area contributed by atoms with Crippen molar-refractivity contribution in [2.75, 3.05) is 11.9 Å². The molecule has 7 nitrogen and oxygen atoms in total. The van der Waals surface area contributed by atoms with Crippen molar-refractivity contribution >= 4 is 17.6 Å². The van der Waals surface area contributed by atoms with E-state index < -0.39 is 29.2 Å². The largest absolute Gasteiger partial charge is 0.481 e. The molecule has 2 aromatic rings. The summed E-state index contributed by atoms with van der Waals surface area (Å²) in [5.41, 5.74) is -1.81. The topological polar surface area (TPSA) is 92.1 Å². The SMILES string of the molecule is Cc1cc(Nc2cc(C(F)F)c(F)c(C[C@@]3(C(=O)O)CCN[C@H](C)C3)n2)nn1C(C)(C)C. The highest BCUT2D eigenvalue weighted by Crippen LogP contribution is 2.37. The third-order valence-electron chi connectivity index (χ3n) is 5.82. The van der Waals surface area contributed by atoms with Crippen LogP contribution in [0.5, 0.6) is 0 Å². The predicted octanol–water partition coefficient (Wildman–Crippen LogP) is 4.55. The van der Waals surface area contributed by atoms with Gasteiger partial charge in [0.25, 0.3) is 6.43 Å². The molecule has 0 saturated carbocycles. The quantitative estimate of drug-likeness (QED) is 0.595. The summed E-state index contributed by atoms with van der Waals surface area (Å²) < 4.78 is 43.9. The Kier molecular flexibility index (Phi) is 6.55. The van der Waals surface area contributed by atoms with Crippen LogP contribution in [-0.4, -0.2) is 38.4 Å². The lowest BCUT2D eigenvalue weighted by molar-refractivity contribution is -0.151. The molecule has 0 spiro atoms. The summed E-state index contributed by atoms with van der Waals surface area (Å²) in [6.45, 7) is 10.1. The summed E-state index contributed by atoms with van der Waals surface area (Å²) in [7, 11) is 0. The second kappa shape index (κ2) is 8.73. The first-order chi connectivity index (χ1) is 14.8. The summed E-state index contributed by atoms with van der Waals surface area (Å²) in [4.78, 5) is 16.3. The van der Waals surface area contributed by atoms with Gasteiger partial charge < -0.3 is 15.7 Å². The van der Waals surface area contributed by atoms with Gasteiger partial charge in [-0.1, -0.05) is 0 Å². The Balaban J connectivity index is 2.00. The lowest BCUT2D eigenvalue weighted by Gasteiger charge is -2.37. The Morgan fingerprint density at radius 3 is 2.59 bits per heavy atom. The van der Waals surface area contributed by atoms with Gasteiger partial charge in [0.05, 0.1) is 22.2 Å². The number of hydrogen-bond donors (Lipinski definition) is 3. The monoisotopic (exact) mass is 453 g/mol. The molecule has 2 aromatic heterocycles. The summed E-state index contributed by atoms with van der Waals surface area (Å²) in [5, 5.41) is 20.4. The maximum atomic E-state index is 15.0. The zero-order valence-electron chi connectivity index (χ0n) is 19.0. The number of aromatic nitrogens is 3. The number of carboxylic acids is 1. The number of carbonyl (C=O) groups is 1. The van der Waals surface area contributed by atoms with Gasteiger partial charge in [0.15, 0.2) is 11.6 Å². The number of nitrogens with zero attached hydrogens (tertiary/aromatic N) is 3. The van der Waals surface area contributed by atoms with Crippen molar-refractivity contribution in [2.24, 2.45) is 5.41 Å². The molecular weight excluding hydrogens is 423 g/mol. The zero-order valence-corrected chi connectivity index (χ0v) is 19.0. The third kappa shape index (κ3) is 4.90. The van der Waals surface area contributed by atoms with E-state index in [4.69, 9.17) is 0 Å². The number of pyridine rings is 1. The smallest absolute Gasteiger partial charge is 0.310 e. The minimum atomic E-state index is -3.07. The van der Waals surface area contributed by atoms with Gasteiger partial charge in [-0.05, 0) is 60.1 Å². The number of aliphatic carboxylic acids is 1. The van der Waals surface area contributed by atoms with E-state index in [0.29, 0.717) is 12.4 Å². The summed E-state index contributed by atoms with van der Waals surface area (Å²) >= 11 is 0. The van der Waals surface area contributed by atoms with Crippen LogP contribution < -0.4 is 10.6 Å². The second-order valence-corrected chi connectivity index (χ2v) is 9.61. The Morgan fingerprint density at radius 1 is 1.38 bits per heavy atom. The van der Waals surface area contributed by atoms with E-state index in [0.717, 1.165) is 11.8 Å². The van der Waals surface area contributed by atoms with Crippen LogP contribution >= 0.6 is 0 Å². The standard InChI is InChI=1S/C22H30F3N5O2/c1-12-10-22(20(31)32,6-7-26-12)11-15-18(23)14(19(24)25)9-16(27-15)28-17-8-13(2)30(29-17)21(3,4)5/h8-9,12,19,26H,6-7,10-11H2,1-5H3,(H,31,32)(H,27,28,29)/t12-,22-/m1/s1. The zero-order chi connectivity index (χ0) is 23.8. The lowest BCUT2D eigenvalue weighted by atomic mass is 9.73. The Hall–Kier alpha value is -2.62. The minimum Gasteiger partial charge on any atom is -0.481 e. The molecule has 3 rings (SSSR count). The lowest BCUT2D eigenvalue weighted by Crippen LogP contribution is -2.48. The van der Waals surface area contributed by atoms with Crippen LogP contribution in [-0.2, 0) is 16.8 Å². The molecule has 0 aromatic carbocycles. The van der Waals surface area contributed by atoms with Gasteiger partial charge in [0.1, 0.15) is 5.82 Å². The molecule has 0 radical (unpaired) electrons. The van der Waals surface area contributed by atoms with Crippen molar-refractivity contribution < 1.29 is 23.1 Å². The van der Waals surface area contributed by atoms with Crippen LogP contribution in [0.25, 0.3) is 0 Å². The fourth-order valence-electron chi connectivity index (χ4n) is 4.36. The van der Waals surface area contributed by atoms with Gasteiger partial charge in [0, 0.05) is 24.2 Å². The molecule has 3 heterocycles. The predicted molar refractivity (Wildman–Crippen MR) is 115 cm³/mol. The number of rotatable bonds is 6. The van der Waals surface area contributed by atoms with E-state index in [1.54, 1.807) is 10.7 Å². The third-order valence-corrected chi connectivity index (χ3v) is 5.82. The molecular formula is C22H30F3N5O2. The average molecular weight is 454 g/mol. The molecule has 3 N–H and O–H groups in total. The van der Waals surface area contributed by atoms with Gasteiger partial charge in [-0.3, -0.25) is 9.48 Å². The number of piperidine rings is 1. The van der Waals surface area contributed by atoms with Crippen molar-refractivity contribution in [2.45, 2.75) is 71.9 Å². The first-order valence-electron chi connectivity index (χ1n) is 10.6. The maximum absolute atomic E-state index is 15.0. The minimum absolute atomic E-state index is 0.00205. The molecule has 176 valence electrons. The number of nitrogens with one attached hydrogen (secondary N) is 2. The number of halogens is 3. The molecule has 0 bridgehead atoms. The molecule has 32 heavy (non-hydrogen) atoms. The number of carboxylic acid groups (broad SMARTS) is 1. The Morgan fingerprint density at radius 2 is 2.06 bits per heavy atom. The van der Waals surface area contributed by atoms with Crippen molar-refractivity contribution in [3.05, 3.63) is 34.9 Å². The number of hydrogen-bond acceptors (Lipinski definition) is 5. The van der Waals surface area contributed by atoms with Crippen LogP contribution in [0.3, 0.4) is 0 Å². The molecule has 0 amide bonds. The van der Waals surface area contributed by atoms with E-state index in [1.165, 1.54) is 0 Å². The van der Waals surface area contributed by atoms with Crippen LogP contribution in [0, 0.1) is 18.2 Å². The Labute approximate surface area is 185 Å². The molecule has 1 fully saturated rings. The maximum Gasteiger partial charge on any atom is 0.310 e. The fraction of sp³-hybridized carbons (Fsp3) is 0.591. The van der Waals surface area contributed by atoms with Crippen molar-refractivity contribution in [1.82, 2.24) is 20.1 Å². The fourth-order valence-corrected chi connectivity index (χ4v) is 4.36. The van der Waals surface area contributed by atoms with Gasteiger partial charge >= 0.3 is 5.97 Å². The molecule has 0 aliphatic carbocycles. The normalized spacial score (nSPS) is 21.7. The second-order valence-electron chi connectivity index (χ2n) is 9.61. The summed E-state index contributed by atoms with van der Waals surface area (Å²) in [5.74, 6) is -1.86. The van der Waals surface area contributed by atoms with Gasteiger partial charge in [0.2, 0.25) is 0 Å². The van der Waals surface area contributed by atoms with Crippen molar-refractivity contribution in [3.8, 4) is 0 Å². The first kappa shape index (κ1) is 24.0. The van der Waals surface area contributed by atoms with Gasteiger partial charge in [-0.15, -0.1) is 0 Å². The van der Waals surface area contributed by atoms with E-state index in [-0.39, 0.29) is 42.4 Å². The van der Waals surface area contributed by atoms with Crippen LogP contribution in [0.15, 0.2) is 12.1 Å². The number of aryl methyl sites for hydroxylation is 1. The van der Waals surface area contributed by atoms with Crippen LogP contribution in [0.1, 0.15) is 63.9 Å². The van der Waals surface area contributed by atoms with Gasteiger partial charge in [-0.25, -0.2) is 18.2 Å². The Bertz CT molecular complexity index is 1000. The van der Waals surface area contributed by atoms with E-state index in [1.807, 2.05) is 34.6 Å². The van der Waals surface area contributed by atoms with Crippen LogP contribution in [0.2, 0.25) is 0 Å². The molecule has 2 atom stereocenters. The van der Waals surface area contributed by atoms with E-state index in [2.05, 4.69) is 20.7 Å². The molecule has 0 unspecified atom stereocenters. The van der Waals surface area contributed by atoms with E-state index >= 15 is 0 Å². The number of alkyl halides is 2. The number of anilines is 2. The summed E-state index contributed by atoms with van der Waals surface area (Å²) in [6.07, 6.45) is -2.84. The van der Waals surface area contributed by atoms with Crippen molar-refractivity contribution in [1.29, 1.82) is 0 Å². The molecule has 1 saturated heterocycles. The van der Waals surface area contributed by atoms with Gasteiger partial charge in [-0.2, -0.15) is 5.10 Å². The molecule has 10 heteroatoms. The molecule has 1 aliphatic rings. The highest BCUT2D eigenvalue weighted by Gasteiger charge is 2.43. The average Bonchev–Trinajstić information content (AvgIpc) is 3.04. The van der Waals surface area contributed by atoms with Crippen molar-refractivity contribution in [3.63, 3.8) is 0 Å². The first-order valence-corrected chi connectivity index (χ1v) is 10.6. The van der Waals surface area contributed by atoms with Crippen LogP contribution in [0.4, 0.5) is 24.8 Å². The highest BCUT2D eigenvalue weighted by molar-refractivity contribution is 5.75.